The number of carbonyl (C=O) groups excluding carboxylic acids is 1. The summed E-state index contributed by atoms with van der Waals surface area (Å²) in [4.78, 5) is 11.7. The van der Waals surface area contributed by atoms with Gasteiger partial charge in [0.25, 0.3) is 0 Å². The maximum atomic E-state index is 11.7. The molecule has 0 amide bonds. The first-order valence-corrected chi connectivity index (χ1v) is 5.52. The summed E-state index contributed by atoms with van der Waals surface area (Å²) in [5.74, 6) is 0.0205. The van der Waals surface area contributed by atoms with Crippen molar-refractivity contribution in [3.8, 4) is 0 Å². The molecule has 0 heterocycles. The van der Waals surface area contributed by atoms with E-state index in [0.29, 0.717) is 31.0 Å². The van der Waals surface area contributed by atoms with Crippen molar-refractivity contribution >= 4 is 11.5 Å². The highest BCUT2D eigenvalue weighted by Crippen LogP contribution is 2.05. The van der Waals surface area contributed by atoms with Gasteiger partial charge in [-0.2, -0.15) is 0 Å². The van der Waals surface area contributed by atoms with Crippen LogP contribution in [0.25, 0.3) is 0 Å². The molecule has 1 rings (SSSR count). The van der Waals surface area contributed by atoms with E-state index in [1.54, 1.807) is 24.3 Å². The molecule has 17 heavy (non-hydrogen) atoms. The maximum Gasteiger partial charge on any atom is 0.176 e. The smallest absolute Gasteiger partial charge is 0.176 e. The number of hydrogen-bond acceptors (Lipinski definition) is 5. The minimum atomic E-state index is 0.0182. The van der Waals surface area contributed by atoms with Crippen molar-refractivity contribution in [2.24, 2.45) is 0 Å². The van der Waals surface area contributed by atoms with Gasteiger partial charge >= 0.3 is 0 Å². The number of nitrogens with one attached hydrogen (secondary N) is 1. The number of Topliss-reactive ketones (excluding diaryl/α,β-unsaturated/α-hetero) is 1. The molecule has 0 bridgehead atoms. The second-order valence-electron chi connectivity index (χ2n) is 3.56. The van der Waals surface area contributed by atoms with Crippen molar-refractivity contribution in [1.82, 2.24) is 5.32 Å². The molecule has 0 spiro atoms. The summed E-state index contributed by atoms with van der Waals surface area (Å²) >= 11 is 0. The maximum absolute atomic E-state index is 11.7. The van der Waals surface area contributed by atoms with Crippen molar-refractivity contribution in [3.05, 3.63) is 29.8 Å². The van der Waals surface area contributed by atoms with Crippen LogP contribution in [0.3, 0.4) is 0 Å². The van der Waals surface area contributed by atoms with Gasteiger partial charge in [0.1, 0.15) is 0 Å². The zero-order valence-corrected chi connectivity index (χ0v) is 9.69. The molecule has 0 atom stereocenters. The fourth-order valence-electron chi connectivity index (χ4n) is 1.28. The second-order valence-corrected chi connectivity index (χ2v) is 3.56. The molecule has 5 heteroatoms. The van der Waals surface area contributed by atoms with Crippen molar-refractivity contribution in [1.29, 1.82) is 0 Å². The molecular weight excluding hydrogens is 220 g/mol. The summed E-state index contributed by atoms with van der Waals surface area (Å²) in [5.41, 5.74) is 6.82. The summed E-state index contributed by atoms with van der Waals surface area (Å²) in [6.45, 7) is 1.68. The first-order chi connectivity index (χ1) is 8.24. The molecule has 0 aliphatic rings. The van der Waals surface area contributed by atoms with E-state index in [4.69, 9.17) is 15.6 Å². The Hall–Kier alpha value is -1.43. The minimum absolute atomic E-state index is 0.0182. The van der Waals surface area contributed by atoms with Gasteiger partial charge in [0, 0.05) is 17.8 Å². The lowest BCUT2D eigenvalue weighted by Crippen LogP contribution is -2.26. The third-order valence-corrected chi connectivity index (χ3v) is 2.18. The van der Waals surface area contributed by atoms with Crippen LogP contribution in [0, 0.1) is 0 Å². The van der Waals surface area contributed by atoms with Crippen molar-refractivity contribution in [3.63, 3.8) is 0 Å². The van der Waals surface area contributed by atoms with Crippen LogP contribution in [0.2, 0.25) is 0 Å². The Labute approximate surface area is 101 Å². The first-order valence-electron chi connectivity index (χ1n) is 5.52. The monoisotopic (exact) mass is 238 g/mol. The van der Waals surface area contributed by atoms with E-state index in [9.17, 15) is 4.79 Å². The number of ether oxygens (including phenoxy) is 1. The fraction of sp³-hybridized carbons (Fsp3) is 0.417. The number of ketones is 1. The van der Waals surface area contributed by atoms with E-state index in [0.717, 1.165) is 0 Å². The number of aliphatic hydroxyl groups is 1. The summed E-state index contributed by atoms with van der Waals surface area (Å²) in [6, 6.07) is 6.83. The Kier molecular flexibility index (Phi) is 6.24. The van der Waals surface area contributed by atoms with E-state index < -0.39 is 0 Å². The zero-order chi connectivity index (χ0) is 12.5. The summed E-state index contributed by atoms with van der Waals surface area (Å²) in [7, 11) is 0. The number of benzene rings is 1. The van der Waals surface area contributed by atoms with Crippen LogP contribution in [-0.2, 0) is 4.74 Å². The minimum Gasteiger partial charge on any atom is -0.399 e. The molecule has 0 saturated carbocycles. The van der Waals surface area contributed by atoms with Gasteiger partial charge in [-0.05, 0) is 24.3 Å². The number of anilines is 1. The topological polar surface area (TPSA) is 84.6 Å². The Balaban J connectivity index is 2.19. The lowest BCUT2D eigenvalue weighted by atomic mass is 10.1. The molecule has 5 nitrogen and oxygen atoms in total. The van der Waals surface area contributed by atoms with Gasteiger partial charge in [-0.25, -0.2) is 0 Å². The molecule has 0 aliphatic carbocycles. The van der Waals surface area contributed by atoms with Crippen molar-refractivity contribution in [2.75, 3.05) is 38.6 Å². The molecular formula is C12H18N2O3. The third kappa shape index (κ3) is 5.44. The van der Waals surface area contributed by atoms with Gasteiger partial charge in [0.15, 0.2) is 5.78 Å². The van der Waals surface area contributed by atoms with E-state index in [1.165, 1.54) is 0 Å². The van der Waals surface area contributed by atoms with Gasteiger partial charge in [-0.1, -0.05) is 0 Å². The predicted octanol–water partition coefficient (Wildman–Crippen LogP) is 0.0500. The van der Waals surface area contributed by atoms with Crippen LogP contribution < -0.4 is 11.1 Å². The Morgan fingerprint density at radius 3 is 2.65 bits per heavy atom. The van der Waals surface area contributed by atoms with Crippen LogP contribution in [-0.4, -0.2) is 43.8 Å². The lowest BCUT2D eigenvalue weighted by molar-refractivity contribution is 0.0906. The fourth-order valence-corrected chi connectivity index (χ4v) is 1.28. The molecule has 0 radical (unpaired) electrons. The normalized spacial score (nSPS) is 10.4. The van der Waals surface area contributed by atoms with Crippen LogP contribution in [0.4, 0.5) is 5.69 Å². The number of hydrogen-bond donors (Lipinski definition) is 3. The molecule has 0 saturated heterocycles. The lowest BCUT2D eigenvalue weighted by Gasteiger charge is -2.05. The zero-order valence-electron chi connectivity index (χ0n) is 9.69. The van der Waals surface area contributed by atoms with Crippen LogP contribution >= 0.6 is 0 Å². The third-order valence-electron chi connectivity index (χ3n) is 2.18. The molecule has 1 aromatic carbocycles. The number of nitrogens with two attached hydrogens (primary N) is 1. The average molecular weight is 238 g/mol. The van der Waals surface area contributed by atoms with Gasteiger partial charge in [-0.15, -0.1) is 0 Å². The quantitative estimate of drug-likeness (QED) is 0.338. The Morgan fingerprint density at radius 2 is 2.00 bits per heavy atom. The van der Waals surface area contributed by atoms with Gasteiger partial charge in [0.2, 0.25) is 0 Å². The molecule has 1 aromatic rings. The molecule has 4 N–H and O–H groups in total. The number of rotatable bonds is 8. The molecule has 0 unspecified atom stereocenters. The highest BCUT2D eigenvalue weighted by molar-refractivity contribution is 5.97. The molecule has 0 fully saturated rings. The summed E-state index contributed by atoms with van der Waals surface area (Å²) in [6.07, 6.45) is 0. The average Bonchev–Trinajstić information content (AvgIpc) is 2.34. The Morgan fingerprint density at radius 1 is 1.29 bits per heavy atom. The van der Waals surface area contributed by atoms with Crippen molar-refractivity contribution in [2.45, 2.75) is 0 Å². The second kappa shape index (κ2) is 7.78. The largest absolute Gasteiger partial charge is 0.399 e. The van der Waals surface area contributed by atoms with Crippen LogP contribution in [0.5, 0.6) is 0 Å². The highest BCUT2D eigenvalue weighted by atomic mass is 16.5. The number of nitrogen functional groups attached to an aromatic ring is 1. The predicted molar refractivity (Wildman–Crippen MR) is 66.0 cm³/mol. The van der Waals surface area contributed by atoms with Gasteiger partial charge < -0.3 is 20.9 Å². The van der Waals surface area contributed by atoms with E-state index in [2.05, 4.69) is 5.32 Å². The first kappa shape index (κ1) is 13.6. The van der Waals surface area contributed by atoms with E-state index in [1.807, 2.05) is 0 Å². The van der Waals surface area contributed by atoms with Gasteiger partial charge in [-0.3, -0.25) is 4.79 Å². The highest BCUT2D eigenvalue weighted by Gasteiger charge is 2.04. The van der Waals surface area contributed by atoms with E-state index >= 15 is 0 Å². The standard InChI is InChI=1S/C12H18N2O3/c13-11-3-1-10(2-4-11)12(16)9-14-5-7-17-8-6-15/h1-4,14-15H,5-9,13H2. The number of carbonyl (C=O) groups is 1. The van der Waals surface area contributed by atoms with Crippen LogP contribution in [0.15, 0.2) is 24.3 Å². The molecule has 94 valence electrons. The Bertz CT molecular complexity index is 338. The summed E-state index contributed by atoms with van der Waals surface area (Å²) < 4.78 is 5.05. The van der Waals surface area contributed by atoms with E-state index in [-0.39, 0.29) is 18.9 Å². The molecule has 0 aliphatic heterocycles. The SMILES string of the molecule is Nc1ccc(C(=O)CNCCOCCO)cc1. The van der Waals surface area contributed by atoms with Crippen molar-refractivity contribution < 1.29 is 14.6 Å². The molecule has 0 aromatic heterocycles. The summed E-state index contributed by atoms with van der Waals surface area (Å²) in [5, 5.41) is 11.4. The van der Waals surface area contributed by atoms with Crippen LogP contribution in [0.1, 0.15) is 10.4 Å². The number of aliphatic hydroxyl groups excluding tert-OH is 1. The van der Waals surface area contributed by atoms with Gasteiger partial charge in [0.05, 0.1) is 26.4 Å².